The summed E-state index contributed by atoms with van der Waals surface area (Å²) in [5, 5.41) is 3.44. The van der Waals surface area contributed by atoms with E-state index in [1.165, 1.54) is 0 Å². The van der Waals surface area contributed by atoms with Gasteiger partial charge in [0.25, 0.3) is 0 Å². The van der Waals surface area contributed by atoms with E-state index in [0.29, 0.717) is 18.9 Å². The van der Waals surface area contributed by atoms with Crippen molar-refractivity contribution < 1.29 is 14.3 Å². The van der Waals surface area contributed by atoms with Crippen molar-refractivity contribution in [2.24, 2.45) is 0 Å². The molecule has 0 aromatic carbocycles. The zero-order valence-electron chi connectivity index (χ0n) is 15.3. The molecule has 0 fully saturated rings. The van der Waals surface area contributed by atoms with Gasteiger partial charge in [-0.15, -0.1) is 0 Å². The van der Waals surface area contributed by atoms with Crippen LogP contribution < -0.4 is 15.0 Å². The van der Waals surface area contributed by atoms with Crippen LogP contribution in [-0.2, 0) is 4.74 Å². The van der Waals surface area contributed by atoms with Gasteiger partial charge >= 0.3 is 6.09 Å². The molecule has 0 unspecified atom stereocenters. The predicted octanol–water partition coefficient (Wildman–Crippen LogP) is 3.78. The van der Waals surface area contributed by atoms with Crippen LogP contribution in [0, 0.1) is 0 Å². The molecule has 2 atom stereocenters. The van der Waals surface area contributed by atoms with Crippen molar-refractivity contribution in [1.82, 2.24) is 9.97 Å². The first kappa shape index (κ1) is 18.0. The number of hydrogen-bond acceptors (Lipinski definition) is 6. The third-order valence-corrected chi connectivity index (χ3v) is 4.47. The Morgan fingerprint density at radius 3 is 2.81 bits per heavy atom. The molecule has 0 bridgehead atoms. The predicted molar refractivity (Wildman–Crippen MR) is 99.6 cm³/mol. The lowest BCUT2D eigenvalue weighted by molar-refractivity contribution is 0.155. The summed E-state index contributed by atoms with van der Waals surface area (Å²) in [7, 11) is 1.58. The first-order valence-corrected chi connectivity index (χ1v) is 8.86. The fourth-order valence-electron chi connectivity index (χ4n) is 3.25. The molecule has 2 aromatic rings. The van der Waals surface area contributed by atoms with E-state index in [1.807, 2.05) is 24.3 Å². The number of carbonyl (C=O) groups excluding carboxylic acids is 1. The summed E-state index contributed by atoms with van der Waals surface area (Å²) in [5.41, 5.74) is 1.50. The van der Waals surface area contributed by atoms with Gasteiger partial charge in [-0.25, -0.2) is 14.8 Å². The van der Waals surface area contributed by atoms with E-state index in [0.717, 1.165) is 23.6 Å². The Morgan fingerprint density at radius 2 is 2.15 bits per heavy atom. The summed E-state index contributed by atoms with van der Waals surface area (Å²) in [6.45, 7) is 4.21. The van der Waals surface area contributed by atoms with E-state index in [1.54, 1.807) is 31.2 Å². The molecule has 7 nitrogen and oxygen atoms in total. The molecule has 2 aromatic heterocycles. The van der Waals surface area contributed by atoms with E-state index in [2.05, 4.69) is 22.2 Å². The van der Waals surface area contributed by atoms with Crippen molar-refractivity contribution in [3.8, 4) is 5.88 Å². The number of carbonyl (C=O) groups is 1. The van der Waals surface area contributed by atoms with Crippen molar-refractivity contribution in [3.05, 3.63) is 42.2 Å². The van der Waals surface area contributed by atoms with Crippen LogP contribution in [0.2, 0.25) is 0 Å². The summed E-state index contributed by atoms with van der Waals surface area (Å²) >= 11 is 0. The van der Waals surface area contributed by atoms with E-state index in [9.17, 15) is 4.79 Å². The van der Waals surface area contributed by atoms with Gasteiger partial charge in [0.2, 0.25) is 5.88 Å². The maximum Gasteiger partial charge on any atom is 0.414 e. The smallest absolute Gasteiger partial charge is 0.414 e. The molecule has 1 amide bonds. The molecule has 3 heterocycles. The third-order valence-electron chi connectivity index (χ3n) is 4.47. The van der Waals surface area contributed by atoms with Crippen LogP contribution in [0.25, 0.3) is 0 Å². The maximum atomic E-state index is 12.6. The number of pyridine rings is 2. The molecule has 3 rings (SSSR count). The SMILES string of the molecule is CCOC(=O)N1c2ccc(OC)nc2[C@@H](Nc2ccccn2)C[C@H]1CC. The Balaban J connectivity index is 2.01. The minimum absolute atomic E-state index is 0.0120. The number of fused-ring (bicyclic) bond motifs is 1. The Morgan fingerprint density at radius 1 is 1.31 bits per heavy atom. The molecule has 26 heavy (non-hydrogen) atoms. The summed E-state index contributed by atoms with van der Waals surface area (Å²) in [4.78, 5) is 23.2. The van der Waals surface area contributed by atoms with E-state index >= 15 is 0 Å². The van der Waals surface area contributed by atoms with Gasteiger partial charge in [0.05, 0.1) is 31.1 Å². The highest BCUT2D eigenvalue weighted by Gasteiger charge is 2.37. The van der Waals surface area contributed by atoms with E-state index in [-0.39, 0.29) is 18.2 Å². The highest BCUT2D eigenvalue weighted by molar-refractivity contribution is 5.90. The molecule has 1 aliphatic rings. The van der Waals surface area contributed by atoms with Crippen molar-refractivity contribution in [3.63, 3.8) is 0 Å². The number of ether oxygens (including phenoxy) is 2. The van der Waals surface area contributed by atoms with Crippen molar-refractivity contribution in [2.75, 3.05) is 23.9 Å². The number of aromatic nitrogens is 2. The molecule has 138 valence electrons. The second-order valence-electron chi connectivity index (χ2n) is 6.04. The van der Waals surface area contributed by atoms with Crippen molar-refractivity contribution >= 4 is 17.6 Å². The number of nitrogens with zero attached hydrogens (tertiary/aromatic N) is 3. The standard InChI is InChI=1S/C19H24N4O3/c1-4-13-12-14(21-16-8-6-7-11-20-16)18-15(9-10-17(22-18)25-3)23(13)19(24)26-5-2/h6-11,13-14H,4-5,12H2,1-3H3,(H,20,21)/t13-,14+/m1/s1. The van der Waals surface area contributed by atoms with E-state index < -0.39 is 0 Å². The molecule has 0 radical (unpaired) electrons. The van der Waals surface area contributed by atoms with Gasteiger partial charge < -0.3 is 14.8 Å². The van der Waals surface area contributed by atoms with Gasteiger partial charge in [-0.2, -0.15) is 0 Å². The Labute approximate surface area is 153 Å². The van der Waals surface area contributed by atoms with Crippen LogP contribution in [0.1, 0.15) is 38.4 Å². The van der Waals surface area contributed by atoms with Crippen molar-refractivity contribution in [2.45, 2.75) is 38.8 Å². The van der Waals surface area contributed by atoms with Gasteiger partial charge in [0, 0.05) is 18.3 Å². The van der Waals surface area contributed by atoms with Gasteiger partial charge in [-0.3, -0.25) is 4.90 Å². The molecule has 0 saturated carbocycles. The lowest BCUT2D eigenvalue weighted by Crippen LogP contribution is -2.46. The summed E-state index contributed by atoms with van der Waals surface area (Å²) in [5.74, 6) is 1.28. The molecule has 7 heteroatoms. The van der Waals surface area contributed by atoms with Crippen LogP contribution >= 0.6 is 0 Å². The van der Waals surface area contributed by atoms with Gasteiger partial charge in [-0.1, -0.05) is 13.0 Å². The normalized spacial score (nSPS) is 18.8. The first-order chi connectivity index (χ1) is 12.7. The zero-order valence-corrected chi connectivity index (χ0v) is 15.3. The molecule has 1 aliphatic heterocycles. The summed E-state index contributed by atoms with van der Waals surface area (Å²) in [6, 6.07) is 9.29. The average molecular weight is 356 g/mol. The Hall–Kier alpha value is -2.83. The Bertz CT molecular complexity index is 754. The molecule has 1 N–H and O–H groups in total. The van der Waals surface area contributed by atoms with Crippen LogP contribution in [0.3, 0.4) is 0 Å². The van der Waals surface area contributed by atoms with Crippen LogP contribution in [-0.4, -0.2) is 35.8 Å². The van der Waals surface area contributed by atoms with Crippen LogP contribution in [0.15, 0.2) is 36.5 Å². The minimum atomic E-state index is -0.344. The zero-order chi connectivity index (χ0) is 18.5. The molecule has 0 aliphatic carbocycles. The molecule has 0 saturated heterocycles. The topological polar surface area (TPSA) is 76.6 Å². The summed E-state index contributed by atoms with van der Waals surface area (Å²) in [6.07, 6.45) is 2.92. The number of anilines is 2. The Kier molecular flexibility index (Phi) is 5.55. The number of methoxy groups -OCH3 is 1. The fourth-order valence-corrected chi connectivity index (χ4v) is 3.25. The highest BCUT2D eigenvalue weighted by atomic mass is 16.6. The second-order valence-corrected chi connectivity index (χ2v) is 6.04. The van der Waals surface area contributed by atoms with Gasteiger partial charge in [0.15, 0.2) is 0 Å². The summed E-state index contributed by atoms with van der Waals surface area (Å²) < 4.78 is 10.6. The van der Waals surface area contributed by atoms with Crippen LogP contribution in [0.5, 0.6) is 5.88 Å². The molecule has 0 spiro atoms. The molecular formula is C19H24N4O3. The molecular weight excluding hydrogens is 332 g/mol. The largest absolute Gasteiger partial charge is 0.481 e. The lowest BCUT2D eigenvalue weighted by Gasteiger charge is -2.39. The van der Waals surface area contributed by atoms with Gasteiger partial charge in [-0.05, 0) is 38.0 Å². The van der Waals surface area contributed by atoms with Gasteiger partial charge in [0.1, 0.15) is 5.82 Å². The monoisotopic (exact) mass is 356 g/mol. The number of amides is 1. The lowest BCUT2D eigenvalue weighted by atomic mass is 9.93. The van der Waals surface area contributed by atoms with Crippen molar-refractivity contribution in [1.29, 1.82) is 0 Å². The third kappa shape index (κ3) is 3.56. The number of rotatable bonds is 5. The fraction of sp³-hybridized carbons (Fsp3) is 0.421. The highest BCUT2D eigenvalue weighted by Crippen LogP contribution is 2.40. The average Bonchev–Trinajstić information content (AvgIpc) is 2.68. The second kappa shape index (κ2) is 8.03. The van der Waals surface area contributed by atoms with E-state index in [4.69, 9.17) is 9.47 Å². The number of hydrogen-bond donors (Lipinski definition) is 1. The maximum absolute atomic E-state index is 12.6. The van der Waals surface area contributed by atoms with Crippen LogP contribution in [0.4, 0.5) is 16.3 Å². The number of nitrogens with one attached hydrogen (secondary N) is 1. The quantitative estimate of drug-likeness (QED) is 0.878. The first-order valence-electron chi connectivity index (χ1n) is 8.86. The minimum Gasteiger partial charge on any atom is -0.481 e.